The summed E-state index contributed by atoms with van der Waals surface area (Å²) in [6.45, 7) is 1.44. The molecular weight excluding hydrogens is 188 g/mol. The van der Waals surface area contributed by atoms with Gasteiger partial charge < -0.3 is 10.6 Å². The fraction of sp³-hybridized carbons (Fsp3) is 0.875. The maximum Gasteiger partial charge on any atom is 0.237 e. The largest absolute Gasteiger partial charge is 0.354 e. The molecule has 13 heavy (non-hydrogen) atoms. The van der Waals surface area contributed by atoms with Crippen LogP contribution in [0, 0.1) is 0 Å². The van der Waals surface area contributed by atoms with E-state index in [9.17, 15) is 9.00 Å². The van der Waals surface area contributed by atoms with Crippen LogP contribution in [0.15, 0.2) is 0 Å². The highest BCUT2D eigenvalue weighted by molar-refractivity contribution is 7.84. The molecule has 0 saturated carbocycles. The first-order chi connectivity index (χ1) is 6.20. The van der Waals surface area contributed by atoms with E-state index in [-0.39, 0.29) is 11.9 Å². The molecule has 0 spiro atoms. The molecule has 2 atom stereocenters. The molecule has 1 aliphatic rings. The van der Waals surface area contributed by atoms with Gasteiger partial charge in [0, 0.05) is 29.4 Å². The lowest BCUT2D eigenvalue weighted by Crippen LogP contribution is -2.41. The minimum absolute atomic E-state index is 0.0229. The van der Waals surface area contributed by atoms with E-state index in [4.69, 9.17) is 0 Å². The van der Waals surface area contributed by atoms with Gasteiger partial charge in [0.05, 0.1) is 6.04 Å². The van der Waals surface area contributed by atoms with Crippen LogP contribution in [0.1, 0.15) is 12.8 Å². The lowest BCUT2D eigenvalue weighted by Gasteiger charge is -2.09. The molecule has 76 valence electrons. The van der Waals surface area contributed by atoms with Crippen molar-refractivity contribution in [2.75, 3.05) is 25.1 Å². The van der Waals surface area contributed by atoms with E-state index < -0.39 is 10.8 Å². The van der Waals surface area contributed by atoms with E-state index >= 15 is 0 Å². The number of amides is 1. The van der Waals surface area contributed by atoms with Gasteiger partial charge in [0.1, 0.15) is 0 Å². The predicted molar refractivity (Wildman–Crippen MR) is 53.0 cm³/mol. The third-order valence-corrected chi connectivity index (χ3v) is 2.84. The van der Waals surface area contributed by atoms with Crippen LogP contribution in [-0.2, 0) is 15.6 Å². The zero-order valence-electron chi connectivity index (χ0n) is 7.84. The van der Waals surface area contributed by atoms with Crippen LogP contribution in [0.3, 0.4) is 0 Å². The topological polar surface area (TPSA) is 58.2 Å². The Morgan fingerprint density at radius 2 is 2.46 bits per heavy atom. The minimum atomic E-state index is -0.819. The third-order valence-electron chi connectivity index (χ3n) is 2.07. The van der Waals surface area contributed by atoms with Crippen LogP contribution >= 0.6 is 0 Å². The molecule has 5 heteroatoms. The van der Waals surface area contributed by atoms with Gasteiger partial charge in [-0.05, 0) is 19.4 Å². The molecule has 1 rings (SSSR count). The number of nitrogens with one attached hydrogen (secondary N) is 2. The Kier molecular flexibility index (Phi) is 4.38. The Hall–Kier alpha value is -0.420. The summed E-state index contributed by atoms with van der Waals surface area (Å²) >= 11 is 0. The van der Waals surface area contributed by atoms with Crippen molar-refractivity contribution < 1.29 is 9.00 Å². The van der Waals surface area contributed by atoms with Crippen molar-refractivity contribution in [2.45, 2.75) is 18.9 Å². The van der Waals surface area contributed by atoms with Gasteiger partial charge in [-0.3, -0.25) is 9.00 Å². The van der Waals surface area contributed by atoms with Crippen LogP contribution in [0.2, 0.25) is 0 Å². The highest BCUT2D eigenvalue weighted by Crippen LogP contribution is 2.03. The standard InChI is InChI=1S/C8H16N2O2S/c1-13(12)6-5-10-8(11)7-3-2-4-9-7/h7,9H,2-6H2,1H3,(H,10,11)/t7-,13?/m0/s1. The monoisotopic (exact) mass is 204 g/mol. The summed E-state index contributed by atoms with van der Waals surface area (Å²) < 4.78 is 10.7. The maximum atomic E-state index is 11.4. The summed E-state index contributed by atoms with van der Waals surface area (Å²) in [4.78, 5) is 11.4. The fourth-order valence-electron chi connectivity index (χ4n) is 1.35. The first-order valence-electron chi connectivity index (χ1n) is 4.51. The number of carbonyl (C=O) groups is 1. The summed E-state index contributed by atoms with van der Waals surface area (Å²) in [6.07, 6.45) is 3.62. The first-order valence-corrected chi connectivity index (χ1v) is 6.24. The molecule has 1 aliphatic heterocycles. The van der Waals surface area contributed by atoms with E-state index in [1.807, 2.05) is 0 Å². The Morgan fingerprint density at radius 1 is 1.69 bits per heavy atom. The number of carbonyl (C=O) groups excluding carboxylic acids is 1. The van der Waals surface area contributed by atoms with Gasteiger partial charge in [-0.15, -0.1) is 0 Å². The lowest BCUT2D eigenvalue weighted by molar-refractivity contribution is -0.122. The first kappa shape index (κ1) is 10.7. The van der Waals surface area contributed by atoms with Crippen LogP contribution < -0.4 is 10.6 Å². The lowest BCUT2D eigenvalue weighted by atomic mass is 10.2. The summed E-state index contributed by atoms with van der Waals surface area (Å²) in [7, 11) is -0.819. The van der Waals surface area contributed by atoms with E-state index in [1.165, 1.54) is 0 Å². The Labute approximate surface area is 80.9 Å². The third kappa shape index (κ3) is 3.87. The Balaban J connectivity index is 2.13. The van der Waals surface area contributed by atoms with Gasteiger partial charge in [-0.25, -0.2) is 0 Å². The SMILES string of the molecule is CS(=O)CCNC(=O)[C@@H]1CCCN1. The van der Waals surface area contributed by atoms with Gasteiger partial charge in [0.15, 0.2) is 0 Å². The highest BCUT2D eigenvalue weighted by atomic mass is 32.2. The molecule has 0 aromatic carbocycles. The van der Waals surface area contributed by atoms with Crippen molar-refractivity contribution in [3.8, 4) is 0 Å². The smallest absolute Gasteiger partial charge is 0.237 e. The van der Waals surface area contributed by atoms with Gasteiger partial charge in [0.25, 0.3) is 0 Å². The van der Waals surface area contributed by atoms with Gasteiger partial charge in [-0.1, -0.05) is 0 Å². The van der Waals surface area contributed by atoms with Gasteiger partial charge in [-0.2, -0.15) is 0 Å². The molecule has 0 radical (unpaired) electrons. The Bertz CT molecular complexity index is 202. The predicted octanol–water partition coefficient (Wildman–Crippen LogP) is -0.767. The molecule has 0 bridgehead atoms. The van der Waals surface area contributed by atoms with Crippen LogP contribution in [-0.4, -0.2) is 41.3 Å². The summed E-state index contributed by atoms with van der Waals surface area (Å²) in [6, 6.07) is -0.0229. The van der Waals surface area contributed by atoms with E-state index in [0.717, 1.165) is 19.4 Å². The highest BCUT2D eigenvalue weighted by Gasteiger charge is 2.21. The average molecular weight is 204 g/mol. The van der Waals surface area contributed by atoms with Crippen molar-refractivity contribution in [1.29, 1.82) is 0 Å². The molecule has 1 amide bonds. The zero-order valence-corrected chi connectivity index (χ0v) is 8.65. The second kappa shape index (κ2) is 5.34. The second-order valence-corrected chi connectivity index (χ2v) is 4.77. The molecule has 4 nitrogen and oxygen atoms in total. The normalized spacial score (nSPS) is 24.2. The summed E-state index contributed by atoms with van der Waals surface area (Å²) in [5, 5.41) is 5.87. The number of hydrogen-bond acceptors (Lipinski definition) is 3. The van der Waals surface area contributed by atoms with Crippen LogP contribution in [0.5, 0.6) is 0 Å². The molecule has 0 aromatic rings. The molecular formula is C8H16N2O2S. The molecule has 1 heterocycles. The van der Waals surface area contributed by atoms with E-state index in [1.54, 1.807) is 6.26 Å². The number of rotatable bonds is 4. The van der Waals surface area contributed by atoms with Crippen LogP contribution in [0.4, 0.5) is 0 Å². The molecule has 0 aliphatic carbocycles. The fourth-order valence-corrected chi connectivity index (χ4v) is 1.74. The summed E-state index contributed by atoms with van der Waals surface area (Å²) in [5.74, 6) is 0.585. The average Bonchev–Trinajstić information content (AvgIpc) is 2.55. The molecule has 1 fully saturated rings. The van der Waals surface area contributed by atoms with Gasteiger partial charge >= 0.3 is 0 Å². The van der Waals surface area contributed by atoms with Crippen molar-refractivity contribution in [3.63, 3.8) is 0 Å². The molecule has 1 saturated heterocycles. The van der Waals surface area contributed by atoms with E-state index in [0.29, 0.717) is 12.3 Å². The second-order valence-electron chi connectivity index (χ2n) is 3.22. The van der Waals surface area contributed by atoms with E-state index in [2.05, 4.69) is 10.6 Å². The quantitative estimate of drug-likeness (QED) is 0.632. The molecule has 1 unspecified atom stereocenters. The van der Waals surface area contributed by atoms with Crippen molar-refractivity contribution in [1.82, 2.24) is 10.6 Å². The molecule has 0 aromatic heterocycles. The van der Waals surface area contributed by atoms with Crippen LogP contribution in [0.25, 0.3) is 0 Å². The maximum absolute atomic E-state index is 11.4. The molecule has 2 N–H and O–H groups in total. The minimum Gasteiger partial charge on any atom is -0.354 e. The zero-order chi connectivity index (χ0) is 9.68. The Morgan fingerprint density at radius 3 is 3.00 bits per heavy atom. The number of hydrogen-bond donors (Lipinski definition) is 2. The van der Waals surface area contributed by atoms with Crippen molar-refractivity contribution in [3.05, 3.63) is 0 Å². The van der Waals surface area contributed by atoms with Crippen molar-refractivity contribution in [2.24, 2.45) is 0 Å². The summed E-state index contributed by atoms with van der Waals surface area (Å²) in [5.41, 5.74) is 0. The van der Waals surface area contributed by atoms with Crippen molar-refractivity contribution >= 4 is 16.7 Å². The van der Waals surface area contributed by atoms with Gasteiger partial charge in [0.2, 0.25) is 5.91 Å².